The molecular weight excluding hydrogens is 310 g/mol. The Morgan fingerprint density at radius 1 is 1.36 bits per heavy atom. The second-order valence-corrected chi connectivity index (χ2v) is 7.28. The molecule has 134 valence electrons. The van der Waals surface area contributed by atoms with Crippen LogP contribution >= 0.6 is 0 Å². The molecule has 0 unspecified atom stereocenters. The number of aromatic amines is 1. The number of aromatic nitrogens is 3. The number of allylic oxidation sites excluding steroid dienone is 1. The van der Waals surface area contributed by atoms with Crippen LogP contribution in [0.3, 0.4) is 0 Å². The lowest BCUT2D eigenvalue weighted by Crippen LogP contribution is -2.32. The highest BCUT2D eigenvalue weighted by Gasteiger charge is 2.24. The lowest BCUT2D eigenvalue weighted by atomic mass is 9.81. The standard InChI is InChI=1S/C20H29N5/c1-14-19(20(12-22-14)17-11-23-25(4)13-17)9-16(10-21)15-5-7-18(8-6-15)24(2)3/h9-13,15,18,22H,1,5-8,21H2,2-4H3/b16-10+,19-9+/t15-,18+. The Morgan fingerprint density at radius 2 is 2.08 bits per heavy atom. The summed E-state index contributed by atoms with van der Waals surface area (Å²) in [6.45, 7) is 4.15. The van der Waals surface area contributed by atoms with Crippen molar-refractivity contribution in [3.8, 4) is 11.1 Å². The number of H-pyrrole nitrogens is 1. The summed E-state index contributed by atoms with van der Waals surface area (Å²) in [7, 11) is 6.27. The average Bonchev–Trinajstić information content (AvgIpc) is 3.18. The van der Waals surface area contributed by atoms with Gasteiger partial charge in [-0.2, -0.15) is 5.10 Å². The van der Waals surface area contributed by atoms with Crippen LogP contribution in [0.15, 0.2) is 30.4 Å². The van der Waals surface area contributed by atoms with Crippen molar-refractivity contribution in [2.75, 3.05) is 14.1 Å². The first kappa shape index (κ1) is 17.5. The van der Waals surface area contributed by atoms with Crippen molar-refractivity contribution in [1.82, 2.24) is 19.7 Å². The molecule has 1 aliphatic carbocycles. The van der Waals surface area contributed by atoms with Gasteiger partial charge in [-0.1, -0.05) is 6.58 Å². The Balaban J connectivity index is 1.89. The third-order valence-corrected chi connectivity index (χ3v) is 5.42. The summed E-state index contributed by atoms with van der Waals surface area (Å²) in [5.41, 5.74) is 9.44. The number of hydrogen-bond donors (Lipinski definition) is 2. The number of rotatable bonds is 4. The van der Waals surface area contributed by atoms with Gasteiger partial charge in [-0.15, -0.1) is 0 Å². The van der Waals surface area contributed by atoms with Crippen molar-refractivity contribution in [3.05, 3.63) is 40.9 Å². The molecule has 2 aromatic heterocycles. The van der Waals surface area contributed by atoms with Crippen LogP contribution in [0.5, 0.6) is 0 Å². The van der Waals surface area contributed by atoms with Crippen LogP contribution in [-0.4, -0.2) is 39.8 Å². The lowest BCUT2D eigenvalue weighted by Gasteiger charge is -2.33. The highest BCUT2D eigenvalue weighted by Crippen LogP contribution is 2.32. The molecule has 2 heterocycles. The van der Waals surface area contributed by atoms with Gasteiger partial charge in [0.25, 0.3) is 0 Å². The summed E-state index contributed by atoms with van der Waals surface area (Å²) in [6.07, 6.45) is 14.7. The number of nitrogens with two attached hydrogens (primary N) is 1. The number of nitrogens with zero attached hydrogens (tertiary/aromatic N) is 3. The molecule has 5 heteroatoms. The fourth-order valence-corrected chi connectivity index (χ4v) is 3.84. The molecule has 5 nitrogen and oxygen atoms in total. The van der Waals surface area contributed by atoms with E-state index in [0.29, 0.717) is 12.0 Å². The van der Waals surface area contributed by atoms with Gasteiger partial charge in [0.2, 0.25) is 0 Å². The quantitative estimate of drug-likeness (QED) is 0.889. The van der Waals surface area contributed by atoms with E-state index in [4.69, 9.17) is 5.73 Å². The first-order valence-electron chi connectivity index (χ1n) is 8.95. The molecule has 0 aliphatic heterocycles. The summed E-state index contributed by atoms with van der Waals surface area (Å²) in [5, 5.41) is 6.31. The molecule has 1 aliphatic rings. The van der Waals surface area contributed by atoms with Gasteiger partial charge in [0.05, 0.1) is 6.20 Å². The van der Waals surface area contributed by atoms with Crippen molar-refractivity contribution in [2.45, 2.75) is 31.7 Å². The van der Waals surface area contributed by atoms with Crippen molar-refractivity contribution in [1.29, 1.82) is 0 Å². The van der Waals surface area contributed by atoms with E-state index >= 15 is 0 Å². The molecule has 1 fully saturated rings. The maximum atomic E-state index is 6.01. The van der Waals surface area contributed by atoms with Gasteiger partial charge in [-0.25, -0.2) is 0 Å². The van der Waals surface area contributed by atoms with Crippen molar-refractivity contribution in [3.63, 3.8) is 0 Å². The van der Waals surface area contributed by atoms with Gasteiger partial charge in [0, 0.05) is 47.2 Å². The molecule has 25 heavy (non-hydrogen) atoms. The molecule has 2 aromatic rings. The van der Waals surface area contributed by atoms with Gasteiger partial charge in [-0.05, 0) is 63.5 Å². The summed E-state index contributed by atoms with van der Waals surface area (Å²) in [6, 6.07) is 0.692. The van der Waals surface area contributed by atoms with E-state index in [2.05, 4.69) is 41.7 Å². The molecule has 3 N–H and O–H groups in total. The molecule has 0 amide bonds. The molecule has 0 aromatic carbocycles. The summed E-state index contributed by atoms with van der Waals surface area (Å²) >= 11 is 0. The van der Waals surface area contributed by atoms with Crippen LogP contribution in [0.1, 0.15) is 25.7 Å². The molecule has 1 saturated carbocycles. The monoisotopic (exact) mass is 339 g/mol. The SMILES string of the molecule is C=c1[nH]cc(-c2cnn(C)c2)/c1=C/C(=C\N)[C@H]1CC[C@@H](N(C)C)CC1. The zero-order valence-electron chi connectivity index (χ0n) is 15.5. The highest BCUT2D eigenvalue weighted by atomic mass is 15.2. The van der Waals surface area contributed by atoms with E-state index in [1.807, 2.05) is 30.3 Å². The van der Waals surface area contributed by atoms with E-state index < -0.39 is 0 Å². The van der Waals surface area contributed by atoms with E-state index in [9.17, 15) is 0 Å². The lowest BCUT2D eigenvalue weighted by molar-refractivity contribution is 0.207. The molecule has 0 spiro atoms. The normalized spacial score (nSPS) is 22.7. The van der Waals surface area contributed by atoms with Gasteiger partial charge >= 0.3 is 0 Å². The molecule has 0 bridgehead atoms. The predicted octanol–water partition coefficient (Wildman–Crippen LogP) is 1.57. The second kappa shape index (κ2) is 7.31. The van der Waals surface area contributed by atoms with E-state index in [-0.39, 0.29) is 0 Å². The van der Waals surface area contributed by atoms with Crippen LogP contribution in [-0.2, 0) is 7.05 Å². The van der Waals surface area contributed by atoms with Crippen molar-refractivity contribution >= 4 is 12.7 Å². The van der Waals surface area contributed by atoms with Crippen LogP contribution < -0.4 is 16.3 Å². The van der Waals surface area contributed by atoms with Crippen LogP contribution in [0.25, 0.3) is 23.8 Å². The average molecular weight is 339 g/mol. The summed E-state index contributed by atoms with van der Waals surface area (Å²) in [4.78, 5) is 5.59. The van der Waals surface area contributed by atoms with Gasteiger partial charge in [-0.3, -0.25) is 4.68 Å². The molecule has 3 rings (SSSR count). The maximum Gasteiger partial charge on any atom is 0.0568 e. The maximum absolute atomic E-state index is 6.01. The molecular formula is C20H29N5. The van der Waals surface area contributed by atoms with Crippen LogP contribution in [0, 0.1) is 5.92 Å². The Kier molecular flexibility index (Phi) is 5.13. The zero-order chi connectivity index (χ0) is 18.0. The third kappa shape index (κ3) is 3.71. The minimum atomic E-state index is 0.525. The minimum Gasteiger partial charge on any atom is -0.404 e. The minimum absolute atomic E-state index is 0.525. The Labute approximate surface area is 149 Å². The van der Waals surface area contributed by atoms with E-state index in [1.54, 1.807) is 6.20 Å². The predicted molar refractivity (Wildman–Crippen MR) is 104 cm³/mol. The molecule has 0 atom stereocenters. The smallest absolute Gasteiger partial charge is 0.0568 e. The Bertz CT molecular complexity index is 847. The van der Waals surface area contributed by atoms with Gasteiger partial charge in [0.15, 0.2) is 0 Å². The van der Waals surface area contributed by atoms with Crippen molar-refractivity contribution < 1.29 is 0 Å². The Hall–Kier alpha value is -2.27. The first-order valence-corrected chi connectivity index (χ1v) is 8.95. The molecule has 0 saturated heterocycles. The Morgan fingerprint density at radius 3 is 2.64 bits per heavy atom. The largest absolute Gasteiger partial charge is 0.404 e. The second-order valence-electron chi connectivity index (χ2n) is 7.28. The highest BCUT2D eigenvalue weighted by molar-refractivity contribution is 5.66. The van der Waals surface area contributed by atoms with Crippen LogP contribution in [0.2, 0.25) is 0 Å². The zero-order valence-corrected chi connectivity index (χ0v) is 15.5. The van der Waals surface area contributed by atoms with E-state index in [0.717, 1.165) is 21.7 Å². The van der Waals surface area contributed by atoms with Gasteiger partial charge in [0.1, 0.15) is 0 Å². The number of nitrogens with one attached hydrogen (secondary N) is 1. The fraction of sp³-hybridized carbons (Fsp3) is 0.450. The van der Waals surface area contributed by atoms with Crippen LogP contribution in [0.4, 0.5) is 0 Å². The third-order valence-electron chi connectivity index (χ3n) is 5.42. The summed E-state index contributed by atoms with van der Waals surface area (Å²) in [5.74, 6) is 0.525. The van der Waals surface area contributed by atoms with Crippen molar-refractivity contribution in [2.24, 2.45) is 18.7 Å². The number of aryl methyl sites for hydroxylation is 1. The fourth-order valence-electron chi connectivity index (χ4n) is 3.84. The van der Waals surface area contributed by atoms with E-state index in [1.165, 1.54) is 31.3 Å². The summed E-state index contributed by atoms with van der Waals surface area (Å²) < 4.78 is 1.82. The number of hydrogen-bond acceptors (Lipinski definition) is 3. The topological polar surface area (TPSA) is 62.9 Å². The first-order chi connectivity index (χ1) is 12.0. The van der Waals surface area contributed by atoms with Gasteiger partial charge < -0.3 is 15.6 Å². The molecule has 0 radical (unpaired) electrons.